The van der Waals surface area contributed by atoms with Crippen molar-refractivity contribution in [3.8, 4) is 5.75 Å². The van der Waals surface area contributed by atoms with Crippen molar-refractivity contribution in [2.24, 2.45) is 0 Å². The maximum absolute atomic E-state index is 11.9. The monoisotopic (exact) mass is 512 g/mol. The number of carboxylic acid groups (broad SMARTS) is 1. The zero-order chi connectivity index (χ0) is 22.5. The predicted octanol–water partition coefficient (Wildman–Crippen LogP) is 5.95. The van der Waals surface area contributed by atoms with E-state index in [-0.39, 0.29) is 0 Å². The number of fused-ring (bicyclic) bond motifs is 1. The second-order valence-corrected chi connectivity index (χ2v) is 8.85. The van der Waals surface area contributed by atoms with E-state index in [0.717, 1.165) is 32.1 Å². The highest BCUT2D eigenvalue weighted by Gasteiger charge is 2.20. The Morgan fingerprint density at radius 2 is 1.88 bits per heavy atom. The minimum atomic E-state index is -0.895. The van der Waals surface area contributed by atoms with Crippen LogP contribution >= 0.6 is 27.5 Å². The summed E-state index contributed by atoms with van der Waals surface area (Å²) in [5.41, 5.74) is 3.84. The maximum atomic E-state index is 11.9. The summed E-state index contributed by atoms with van der Waals surface area (Å²) in [6.07, 6.45) is 2.25. The summed E-state index contributed by atoms with van der Waals surface area (Å²) in [7, 11) is 0. The smallest absolute Gasteiger partial charge is 0.321 e. The lowest BCUT2D eigenvalue weighted by Crippen LogP contribution is -2.38. The van der Waals surface area contributed by atoms with Gasteiger partial charge in [0.05, 0.1) is 0 Å². The van der Waals surface area contributed by atoms with Gasteiger partial charge >= 0.3 is 5.97 Å². The Balaban J connectivity index is 1.46. The van der Waals surface area contributed by atoms with Crippen molar-refractivity contribution < 1.29 is 14.6 Å². The van der Waals surface area contributed by atoms with Crippen molar-refractivity contribution in [3.05, 3.63) is 99.1 Å². The zero-order valence-electron chi connectivity index (χ0n) is 17.1. The van der Waals surface area contributed by atoms with Crippen LogP contribution in [0, 0.1) is 0 Å². The SMILES string of the molecule is O=C(O)[C@@H](Cc1c[nH]c2ccccc12)NCc1cc(Br)ccc1OCc1ccc(Cl)cc1. The molecule has 0 radical (unpaired) electrons. The highest BCUT2D eigenvalue weighted by atomic mass is 79.9. The number of halogens is 2. The summed E-state index contributed by atoms with van der Waals surface area (Å²) in [6.45, 7) is 0.748. The average molecular weight is 514 g/mol. The van der Waals surface area contributed by atoms with Crippen molar-refractivity contribution in [2.75, 3.05) is 0 Å². The molecule has 0 unspecified atom stereocenters. The Morgan fingerprint density at radius 3 is 2.66 bits per heavy atom. The standard InChI is InChI=1S/C25H22BrClN2O3/c26-19-7-10-24(32-15-16-5-8-20(27)9-6-16)18(11-19)14-29-23(25(30)31)12-17-13-28-22-4-2-1-3-21(17)22/h1-11,13,23,28-29H,12,14-15H2,(H,30,31)/t23-/m1/s1. The van der Waals surface area contributed by atoms with Crippen LogP contribution in [0.15, 0.2) is 77.4 Å². The number of aromatic amines is 1. The Labute approximate surface area is 199 Å². The number of hydrogen-bond donors (Lipinski definition) is 3. The number of carboxylic acids is 1. The summed E-state index contributed by atoms with van der Waals surface area (Å²) < 4.78 is 6.92. The lowest BCUT2D eigenvalue weighted by Gasteiger charge is -2.17. The summed E-state index contributed by atoms with van der Waals surface area (Å²) >= 11 is 9.44. The second kappa shape index (κ2) is 10.2. The second-order valence-electron chi connectivity index (χ2n) is 7.50. The van der Waals surface area contributed by atoms with Crippen molar-refractivity contribution in [2.45, 2.75) is 25.6 Å². The van der Waals surface area contributed by atoms with E-state index in [1.54, 1.807) is 0 Å². The van der Waals surface area contributed by atoms with Gasteiger partial charge in [0.15, 0.2) is 0 Å². The number of H-pyrrole nitrogens is 1. The molecule has 4 aromatic rings. The van der Waals surface area contributed by atoms with Gasteiger partial charge in [0, 0.05) is 45.1 Å². The van der Waals surface area contributed by atoms with Gasteiger partial charge in [-0.05, 0) is 47.5 Å². The van der Waals surface area contributed by atoms with Crippen LogP contribution in [0.2, 0.25) is 5.02 Å². The fraction of sp³-hybridized carbons (Fsp3) is 0.160. The van der Waals surface area contributed by atoms with Crippen molar-refractivity contribution in [1.82, 2.24) is 10.3 Å². The van der Waals surface area contributed by atoms with Crippen LogP contribution in [0.4, 0.5) is 0 Å². The first-order chi connectivity index (χ1) is 15.5. The molecule has 0 amide bonds. The molecule has 5 nitrogen and oxygen atoms in total. The Morgan fingerprint density at radius 1 is 1.09 bits per heavy atom. The number of aromatic nitrogens is 1. The predicted molar refractivity (Wildman–Crippen MR) is 130 cm³/mol. The largest absolute Gasteiger partial charge is 0.489 e. The highest BCUT2D eigenvalue weighted by Crippen LogP contribution is 2.25. The zero-order valence-corrected chi connectivity index (χ0v) is 19.5. The lowest BCUT2D eigenvalue weighted by molar-refractivity contribution is -0.139. The van der Waals surface area contributed by atoms with E-state index in [2.05, 4.69) is 26.2 Å². The summed E-state index contributed by atoms with van der Waals surface area (Å²) in [4.78, 5) is 15.2. The van der Waals surface area contributed by atoms with Crippen LogP contribution in [0.1, 0.15) is 16.7 Å². The van der Waals surface area contributed by atoms with Gasteiger partial charge < -0.3 is 14.8 Å². The van der Waals surface area contributed by atoms with Crippen LogP contribution in [0.25, 0.3) is 10.9 Å². The number of ether oxygens (including phenoxy) is 1. The van der Waals surface area contributed by atoms with E-state index >= 15 is 0 Å². The molecule has 3 aromatic carbocycles. The molecule has 3 N–H and O–H groups in total. The fourth-order valence-corrected chi connectivity index (χ4v) is 4.10. The first-order valence-corrected chi connectivity index (χ1v) is 11.3. The van der Waals surface area contributed by atoms with Crippen LogP contribution in [0.3, 0.4) is 0 Å². The molecular formula is C25H22BrClN2O3. The average Bonchev–Trinajstić information content (AvgIpc) is 3.19. The van der Waals surface area contributed by atoms with E-state index < -0.39 is 12.0 Å². The molecule has 7 heteroatoms. The molecule has 1 aromatic heterocycles. The quantitative estimate of drug-likeness (QED) is 0.259. The number of hydrogen-bond acceptors (Lipinski definition) is 3. The van der Waals surface area contributed by atoms with Gasteiger partial charge in [-0.2, -0.15) is 0 Å². The number of para-hydroxylation sites is 1. The highest BCUT2D eigenvalue weighted by molar-refractivity contribution is 9.10. The molecule has 0 bridgehead atoms. The minimum Gasteiger partial charge on any atom is -0.489 e. The summed E-state index contributed by atoms with van der Waals surface area (Å²) in [5.74, 6) is -0.194. The molecule has 0 aliphatic rings. The molecule has 0 aliphatic carbocycles. The third-order valence-corrected chi connectivity index (χ3v) is 6.01. The lowest BCUT2D eigenvalue weighted by atomic mass is 10.0. The van der Waals surface area contributed by atoms with E-state index in [4.69, 9.17) is 16.3 Å². The molecule has 0 saturated heterocycles. The van der Waals surface area contributed by atoms with Gasteiger partial charge in [0.2, 0.25) is 0 Å². The van der Waals surface area contributed by atoms with Crippen molar-refractivity contribution in [1.29, 1.82) is 0 Å². The van der Waals surface area contributed by atoms with Crippen LogP contribution in [0.5, 0.6) is 5.75 Å². The fourth-order valence-electron chi connectivity index (χ4n) is 3.57. The molecular weight excluding hydrogens is 492 g/mol. The number of rotatable bonds is 9. The summed E-state index contributed by atoms with van der Waals surface area (Å²) in [5, 5.41) is 14.7. The molecule has 0 fully saturated rings. The van der Waals surface area contributed by atoms with Crippen LogP contribution in [-0.2, 0) is 24.4 Å². The van der Waals surface area contributed by atoms with Gasteiger partial charge in [-0.25, -0.2) is 0 Å². The normalized spacial score (nSPS) is 12.1. The molecule has 4 rings (SSSR count). The van der Waals surface area contributed by atoms with E-state index in [0.29, 0.717) is 30.3 Å². The molecule has 0 spiro atoms. The van der Waals surface area contributed by atoms with Crippen molar-refractivity contribution in [3.63, 3.8) is 0 Å². The van der Waals surface area contributed by atoms with Gasteiger partial charge in [0.25, 0.3) is 0 Å². The topological polar surface area (TPSA) is 74.3 Å². The number of aliphatic carboxylic acids is 1. The first kappa shape index (κ1) is 22.4. The van der Waals surface area contributed by atoms with Gasteiger partial charge in [-0.15, -0.1) is 0 Å². The van der Waals surface area contributed by atoms with E-state index in [1.165, 1.54) is 0 Å². The van der Waals surface area contributed by atoms with Gasteiger partial charge in [-0.1, -0.05) is 57.9 Å². The Kier molecular flexibility index (Phi) is 7.15. The molecule has 0 saturated carbocycles. The van der Waals surface area contributed by atoms with Crippen LogP contribution in [-0.4, -0.2) is 22.1 Å². The number of carbonyl (C=O) groups is 1. The van der Waals surface area contributed by atoms with Crippen molar-refractivity contribution >= 4 is 44.4 Å². The Bertz CT molecular complexity index is 1220. The first-order valence-electron chi connectivity index (χ1n) is 10.2. The third kappa shape index (κ3) is 5.51. The molecule has 164 valence electrons. The molecule has 0 aliphatic heterocycles. The maximum Gasteiger partial charge on any atom is 0.321 e. The van der Waals surface area contributed by atoms with Gasteiger partial charge in [-0.3, -0.25) is 10.1 Å². The molecule has 32 heavy (non-hydrogen) atoms. The number of benzene rings is 3. The third-order valence-electron chi connectivity index (χ3n) is 5.27. The number of nitrogens with one attached hydrogen (secondary N) is 2. The summed E-state index contributed by atoms with van der Waals surface area (Å²) in [6, 6.07) is 20.4. The van der Waals surface area contributed by atoms with E-state index in [9.17, 15) is 9.90 Å². The van der Waals surface area contributed by atoms with Crippen LogP contribution < -0.4 is 10.1 Å². The minimum absolute atomic E-state index is 0.356. The van der Waals surface area contributed by atoms with E-state index in [1.807, 2.05) is 72.9 Å². The molecule has 1 heterocycles. The molecule has 1 atom stereocenters. The van der Waals surface area contributed by atoms with Gasteiger partial charge in [0.1, 0.15) is 18.4 Å². The Hall–Kier alpha value is -2.80.